The highest BCUT2D eigenvalue weighted by atomic mass is 127. The minimum Gasteiger partial charge on any atom is -1.00 e. The van der Waals surface area contributed by atoms with Gasteiger partial charge in [-0.2, -0.15) is 4.40 Å². The van der Waals surface area contributed by atoms with Crippen molar-refractivity contribution in [1.29, 1.82) is 0 Å². The van der Waals surface area contributed by atoms with Gasteiger partial charge in [0.2, 0.25) is 0 Å². The molecule has 5 heteroatoms. The molecule has 3 rings (SSSR count). The lowest BCUT2D eigenvalue weighted by Gasteiger charge is -1.79. The Balaban J connectivity index is 0.000000653. The summed E-state index contributed by atoms with van der Waals surface area (Å²) in [6.07, 6.45) is 5.65. The molecule has 13 heavy (non-hydrogen) atoms. The van der Waals surface area contributed by atoms with Gasteiger partial charge in [0.15, 0.2) is 0 Å². The van der Waals surface area contributed by atoms with Crippen LogP contribution in [0.3, 0.4) is 0 Å². The van der Waals surface area contributed by atoms with Gasteiger partial charge in [-0.3, -0.25) is 0 Å². The minimum atomic E-state index is 0. The number of nitrogens with zero attached hydrogens (tertiary/aromatic N) is 2. The van der Waals surface area contributed by atoms with Crippen LogP contribution in [0.1, 0.15) is 0 Å². The standard InChI is InChI=1S/C8H5N2OS.HI/c1-3-11-7-6(1)5-10-2-4-12-8(10)9-7;/h1-5H;1H/q+1;/p-1. The van der Waals surface area contributed by atoms with E-state index in [-0.39, 0.29) is 24.0 Å². The molecule has 0 amide bonds. The number of halogens is 1. The number of thiazole rings is 1. The Labute approximate surface area is 95.0 Å². The van der Waals surface area contributed by atoms with Crippen LogP contribution < -0.4 is 28.4 Å². The molecular formula is C8H5IN2OS. The van der Waals surface area contributed by atoms with Crippen molar-refractivity contribution >= 4 is 27.4 Å². The molecule has 0 aliphatic heterocycles. The second kappa shape index (κ2) is 3.22. The van der Waals surface area contributed by atoms with Crippen LogP contribution in [0, 0.1) is 0 Å². The van der Waals surface area contributed by atoms with Crippen LogP contribution in [0.15, 0.2) is 34.5 Å². The van der Waals surface area contributed by atoms with E-state index < -0.39 is 0 Å². The predicted octanol–water partition coefficient (Wildman–Crippen LogP) is -1.37. The fourth-order valence-electron chi connectivity index (χ4n) is 1.20. The zero-order valence-corrected chi connectivity index (χ0v) is 9.45. The van der Waals surface area contributed by atoms with Gasteiger partial charge in [-0.1, -0.05) is 11.3 Å². The summed E-state index contributed by atoms with van der Waals surface area (Å²) in [7, 11) is 0. The Morgan fingerprint density at radius 2 is 2.38 bits per heavy atom. The van der Waals surface area contributed by atoms with Gasteiger partial charge in [-0.25, -0.2) is 0 Å². The zero-order chi connectivity index (χ0) is 7.97. The molecule has 0 aliphatic rings. The average molecular weight is 304 g/mol. The van der Waals surface area contributed by atoms with E-state index in [1.54, 1.807) is 17.6 Å². The molecule has 0 radical (unpaired) electrons. The van der Waals surface area contributed by atoms with Gasteiger partial charge in [-0.05, 0) is 6.07 Å². The number of aromatic nitrogens is 2. The fourth-order valence-corrected chi connectivity index (χ4v) is 1.89. The van der Waals surface area contributed by atoms with E-state index in [1.807, 2.05) is 28.2 Å². The van der Waals surface area contributed by atoms with Gasteiger partial charge in [0, 0.05) is 10.4 Å². The van der Waals surface area contributed by atoms with Crippen LogP contribution in [0.2, 0.25) is 0 Å². The molecule has 0 spiro atoms. The highest BCUT2D eigenvalue weighted by Gasteiger charge is 2.10. The molecule has 0 N–H and O–H groups in total. The Morgan fingerprint density at radius 1 is 1.46 bits per heavy atom. The van der Waals surface area contributed by atoms with Crippen LogP contribution in [-0.4, -0.2) is 4.98 Å². The molecule has 0 bridgehead atoms. The molecule has 0 fully saturated rings. The van der Waals surface area contributed by atoms with Crippen molar-refractivity contribution in [2.24, 2.45) is 0 Å². The highest BCUT2D eigenvalue weighted by molar-refractivity contribution is 7.14. The molecule has 0 saturated heterocycles. The molecule has 0 aliphatic carbocycles. The normalized spacial score (nSPS) is 10.5. The quantitative estimate of drug-likeness (QED) is 0.379. The SMILES string of the molecule is [I-].c1cc2c[n+]3ccsc3nc2o1. The number of hydrogen-bond acceptors (Lipinski definition) is 3. The molecule has 0 atom stereocenters. The molecule has 0 aromatic carbocycles. The van der Waals surface area contributed by atoms with E-state index in [4.69, 9.17) is 4.42 Å². The molecule has 3 aromatic heterocycles. The maximum Gasteiger partial charge on any atom is 0.390 e. The molecule has 3 nitrogen and oxygen atoms in total. The van der Waals surface area contributed by atoms with Crippen LogP contribution in [0.5, 0.6) is 0 Å². The summed E-state index contributed by atoms with van der Waals surface area (Å²) in [4.78, 5) is 5.27. The fraction of sp³-hybridized carbons (Fsp3) is 0. The monoisotopic (exact) mass is 304 g/mol. The van der Waals surface area contributed by atoms with Gasteiger partial charge < -0.3 is 28.4 Å². The maximum atomic E-state index is 5.18. The van der Waals surface area contributed by atoms with Gasteiger partial charge in [-0.15, -0.1) is 0 Å². The van der Waals surface area contributed by atoms with Gasteiger partial charge >= 0.3 is 10.7 Å². The van der Waals surface area contributed by atoms with E-state index >= 15 is 0 Å². The van der Waals surface area contributed by atoms with E-state index in [2.05, 4.69) is 4.98 Å². The van der Waals surface area contributed by atoms with Crippen molar-refractivity contribution < 1.29 is 32.8 Å². The first-order chi connectivity index (χ1) is 5.93. The Bertz CT molecular complexity index is 454. The summed E-state index contributed by atoms with van der Waals surface area (Å²) in [6, 6.07) is 1.91. The van der Waals surface area contributed by atoms with Crippen molar-refractivity contribution in [1.82, 2.24) is 4.98 Å². The predicted molar refractivity (Wildman–Crippen MR) is 45.0 cm³/mol. The van der Waals surface area contributed by atoms with E-state index in [9.17, 15) is 0 Å². The number of hydrogen-bond donors (Lipinski definition) is 0. The van der Waals surface area contributed by atoms with Crippen molar-refractivity contribution in [2.45, 2.75) is 0 Å². The van der Waals surface area contributed by atoms with Crippen molar-refractivity contribution in [3.8, 4) is 0 Å². The van der Waals surface area contributed by atoms with Crippen molar-refractivity contribution in [3.05, 3.63) is 30.1 Å². The lowest BCUT2D eigenvalue weighted by molar-refractivity contribution is -0.508. The van der Waals surface area contributed by atoms with E-state index in [1.165, 1.54) is 0 Å². The molecule has 3 heterocycles. The Morgan fingerprint density at radius 3 is 3.31 bits per heavy atom. The first-order valence-electron chi connectivity index (χ1n) is 3.56. The lowest BCUT2D eigenvalue weighted by atomic mass is 10.4. The highest BCUT2D eigenvalue weighted by Crippen LogP contribution is 2.12. The molecule has 0 saturated carbocycles. The molecule has 3 aromatic rings. The van der Waals surface area contributed by atoms with Gasteiger partial charge in [0.05, 0.1) is 6.26 Å². The third-order valence-electron chi connectivity index (χ3n) is 1.77. The third-order valence-corrected chi connectivity index (χ3v) is 2.54. The smallest absolute Gasteiger partial charge is 0.390 e. The summed E-state index contributed by atoms with van der Waals surface area (Å²) in [5, 5.41) is 3.03. The first-order valence-corrected chi connectivity index (χ1v) is 4.44. The molecule has 66 valence electrons. The van der Waals surface area contributed by atoms with Crippen molar-refractivity contribution in [2.75, 3.05) is 0 Å². The van der Waals surface area contributed by atoms with Crippen molar-refractivity contribution in [3.63, 3.8) is 0 Å². The summed E-state index contributed by atoms with van der Waals surface area (Å²) in [5.74, 6) is 0. The maximum absolute atomic E-state index is 5.18. The number of rotatable bonds is 0. The number of fused-ring (bicyclic) bond motifs is 2. The molecule has 0 unspecified atom stereocenters. The van der Waals surface area contributed by atoms with Crippen LogP contribution in [0.25, 0.3) is 16.1 Å². The van der Waals surface area contributed by atoms with Crippen LogP contribution >= 0.6 is 11.3 Å². The summed E-state index contributed by atoms with van der Waals surface area (Å²) >= 11 is 1.60. The third kappa shape index (κ3) is 1.31. The van der Waals surface area contributed by atoms with E-state index in [0.29, 0.717) is 5.71 Å². The second-order valence-electron chi connectivity index (χ2n) is 2.51. The Kier molecular flexibility index (Phi) is 2.20. The topological polar surface area (TPSA) is 30.1 Å². The summed E-state index contributed by atoms with van der Waals surface area (Å²) < 4.78 is 7.17. The number of furan rings is 1. The van der Waals surface area contributed by atoms with Gasteiger partial charge in [0.1, 0.15) is 17.8 Å². The zero-order valence-electron chi connectivity index (χ0n) is 6.48. The Hall–Kier alpha value is -0.690. The average Bonchev–Trinajstić information content (AvgIpc) is 2.64. The van der Waals surface area contributed by atoms with Gasteiger partial charge in [0.25, 0.3) is 0 Å². The van der Waals surface area contributed by atoms with Crippen LogP contribution in [0.4, 0.5) is 0 Å². The van der Waals surface area contributed by atoms with E-state index in [0.717, 1.165) is 10.3 Å². The van der Waals surface area contributed by atoms with Crippen LogP contribution in [-0.2, 0) is 0 Å². The summed E-state index contributed by atoms with van der Waals surface area (Å²) in [5.41, 5.74) is 0.706. The molecular weight excluding hydrogens is 299 g/mol. The first kappa shape index (κ1) is 8.89. The largest absolute Gasteiger partial charge is 1.00 e. The summed E-state index contributed by atoms with van der Waals surface area (Å²) in [6.45, 7) is 0. The minimum absolute atomic E-state index is 0. The second-order valence-corrected chi connectivity index (χ2v) is 3.39. The lowest BCUT2D eigenvalue weighted by Crippen LogP contribution is -3.00.